The highest BCUT2D eigenvalue weighted by Gasteiger charge is 2.32. The lowest BCUT2D eigenvalue weighted by molar-refractivity contribution is 0.195. The van der Waals surface area contributed by atoms with Gasteiger partial charge >= 0.3 is 0 Å². The Morgan fingerprint density at radius 1 is 1.14 bits per heavy atom. The first-order chi connectivity index (χ1) is 13.6. The minimum absolute atomic E-state index is 0.339. The third-order valence-electron chi connectivity index (χ3n) is 6.61. The lowest BCUT2D eigenvalue weighted by Crippen LogP contribution is -2.36. The molecule has 7 nitrogen and oxygen atoms in total. The molecule has 3 aromatic rings. The minimum atomic E-state index is 0.339. The van der Waals surface area contributed by atoms with Gasteiger partial charge in [-0.25, -0.2) is 4.98 Å². The fraction of sp³-hybridized carbons (Fsp3) is 0.571. The number of H-pyrrole nitrogens is 1. The topological polar surface area (TPSA) is 88.6 Å². The normalized spacial score (nSPS) is 24.0. The summed E-state index contributed by atoms with van der Waals surface area (Å²) in [5.74, 6) is 4.31. The van der Waals surface area contributed by atoms with Gasteiger partial charge in [-0.3, -0.25) is 4.90 Å². The number of piperidine rings is 1. The molecule has 2 aliphatic rings. The number of hydrogen-bond donors (Lipinski definition) is 2. The van der Waals surface area contributed by atoms with Crippen molar-refractivity contribution >= 4 is 11.0 Å². The Labute approximate surface area is 165 Å². The van der Waals surface area contributed by atoms with E-state index in [0.717, 1.165) is 73.8 Å². The predicted molar refractivity (Wildman–Crippen MR) is 109 cm³/mol. The number of para-hydroxylation sites is 1. The Kier molecular flexibility index (Phi) is 4.44. The maximum atomic E-state index is 5.93. The Bertz CT molecular complexity index is 974. The van der Waals surface area contributed by atoms with Crippen molar-refractivity contribution in [3.8, 4) is 0 Å². The van der Waals surface area contributed by atoms with E-state index < -0.39 is 0 Å². The van der Waals surface area contributed by atoms with Gasteiger partial charge < -0.3 is 15.3 Å². The molecule has 3 N–H and O–H groups in total. The number of nitrogens with zero attached hydrogens (tertiary/aromatic N) is 5. The van der Waals surface area contributed by atoms with Crippen molar-refractivity contribution < 1.29 is 0 Å². The van der Waals surface area contributed by atoms with Crippen LogP contribution in [-0.4, -0.2) is 48.8 Å². The zero-order chi connectivity index (χ0) is 19.3. The molecule has 0 bridgehead atoms. The van der Waals surface area contributed by atoms with Crippen LogP contribution in [0.5, 0.6) is 0 Å². The van der Waals surface area contributed by atoms with Crippen LogP contribution in [0.4, 0.5) is 0 Å². The monoisotopic (exact) mass is 379 g/mol. The molecular formula is C21H29N7. The van der Waals surface area contributed by atoms with Crippen LogP contribution in [0.2, 0.25) is 0 Å². The van der Waals surface area contributed by atoms with E-state index in [0.29, 0.717) is 17.9 Å². The second-order valence-electron chi connectivity index (χ2n) is 8.61. The van der Waals surface area contributed by atoms with Crippen molar-refractivity contribution in [3.05, 3.63) is 41.2 Å². The third kappa shape index (κ3) is 3.12. The number of aromatic amines is 1. The summed E-state index contributed by atoms with van der Waals surface area (Å²) in [4.78, 5) is 10.9. The zero-order valence-corrected chi connectivity index (χ0v) is 16.7. The largest absolute Gasteiger partial charge is 0.342 e. The molecule has 1 aromatic carbocycles. The summed E-state index contributed by atoms with van der Waals surface area (Å²) in [6.07, 6.45) is 4.32. The van der Waals surface area contributed by atoms with E-state index in [1.165, 1.54) is 5.56 Å². The first-order valence-electron chi connectivity index (χ1n) is 10.4. The van der Waals surface area contributed by atoms with E-state index in [9.17, 15) is 0 Å². The molecular weight excluding hydrogens is 350 g/mol. The van der Waals surface area contributed by atoms with Crippen molar-refractivity contribution in [3.63, 3.8) is 0 Å². The van der Waals surface area contributed by atoms with Crippen molar-refractivity contribution in [1.82, 2.24) is 29.6 Å². The molecule has 1 aliphatic heterocycles. The molecule has 0 amide bonds. The van der Waals surface area contributed by atoms with Crippen LogP contribution >= 0.6 is 0 Å². The second-order valence-corrected chi connectivity index (χ2v) is 8.61. The van der Waals surface area contributed by atoms with Gasteiger partial charge in [0, 0.05) is 24.9 Å². The first kappa shape index (κ1) is 17.8. The third-order valence-corrected chi connectivity index (χ3v) is 6.61. The predicted octanol–water partition coefficient (Wildman–Crippen LogP) is 2.58. The van der Waals surface area contributed by atoms with Crippen molar-refractivity contribution in [2.75, 3.05) is 13.1 Å². The van der Waals surface area contributed by atoms with Gasteiger partial charge in [0.05, 0.1) is 17.6 Å². The molecule has 1 saturated carbocycles. The van der Waals surface area contributed by atoms with E-state index in [1.807, 2.05) is 0 Å². The quantitative estimate of drug-likeness (QED) is 0.727. The summed E-state index contributed by atoms with van der Waals surface area (Å²) < 4.78 is 2.19. The van der Waals surface area contributed by atoms with Crippen molar-refractivity contribution in [1.29, 1.82) is 0 Å². The summed E-state index contributed by atoms with van der Waals surface area (Å²) in [5, 5.41) is 8.91. The molecule has 3 heterocycles. The Morgan fingerprint density at radius 3 is 2.64 bits per heavy atom. The molecule has 148 valence electrons. The van der Waals surface area contributed by atoms with Gasteiger partial charge in [0.15, 0.2) is 0 Å². The van der Waals surface area contributed by atoms with E-state index >= 15 is 0 Å². The maximum Gasteiger partial charge on any atom is 0.146 e. The SMILES string of the molecule is Cc1cccc2[nH]c(C3CCN(Cc4nnc(C5CC(N)C5)n4C)CC3)nc12. The van der Waals surface area contributed by atoms with E-state index in [4.69, 9.17) is 10.7 Å². The average molecular weight is 380 g/mol. The molecule has 2 fully saturated rings. The van der Waals surface area contributed by atoms with Gasteiger partial charge in [-0.15, -0.1) is 10.2 Å². The van der Waals surface area contributed by atoms with Crippen molar-refractivity contribution in [2.24, 2.45) is 12.8 Å². The van der Waals surface area contributed by atoms with Crippen LogP contribution in [0.3, 0.4) is 0 Å². The highest BCUT2D eigenvalue weighted by molar-refractivity contribution is 5.78. The van der Waals surface area contributed by atoms with Crippen molar-refractivity contribution in [2.45, 2.75) is 57.0 Å². The number of hydrogen-bond acceptors (Lipinski definition) is 5. The molecule has 7 heteroatoms. The Morgan fingerprint density at radius 2 is 1.93 bits per heavy atom. The summed E-state index contributed by atoms with van der Waals surface area (Å²) in [7, 11) is 2.10. The van der Waals surface area contributed by atoms with Crippen LogP contribution < -0.4 is 5.73 Å². The first-order valence-corrected chi connectivity index (χ1v) is 10.4. The smallest absolute Gasteiger partial charge is 0.146 e. The molecule has 0 unspecified atom stereocenters. The molecule has 2 aromatic heterocycles. The van der Waals surface area contributed by atoms with Crippen LogP contribution in [0, 0.1) is 6.92 Å². The summed E-state index contributed by atoms with van der Waals surface area (Å²) in [6, 6.07) is 6.68. The summed E-state index contributed by atoms with van der Waals surface area (Å²) in [5.41, 5.74) is 9.44. The van der Waals surface area contributed by atoms with Gasteiger partial charge in [0.2, 0.25) is 0 Å². The Hall–Kier alpha value is -2.25. The molecule has 5 rings (SSSR count). The highest BCUT2D eigenvalue weighted by atomic mass is 15.3. The number of rotatable bonds is 4. The zero-order valence-electron chi connectivity index (χ0n) is 16.7. The number of aryl methyl sites for hydroxylation is 1. The number of nitrogens with one attached hydrogen (secondary N) is 1. The lowest BCUT2D eigenvalue weighted by Gasteiger charge is -2.32. The van der Waals surface area contributed by atoms with Gasteiger partial charge in [0.1, 0.15) is 17.5 Å². The molecule has 0 radical (unpaired) electrons. The maximum absolute atomic E-state index is 5.93. The lowest BCUT2D eigenvalue weighted by atomic mass is 9.80. The number of benzene rings is 1. The van der Waals surface area contributed by atoms with Crippen LogP contribution in [0.25, 0.3) is 11.0 Å². The standard InChI is InChI=1S/C21H29N7/c1-13-4-3-5-17-19(13)24-20(23-17)14-6-8-28(9-7-14)12-18-25-26-21(27(18)2)15-10-16(22)11-15/h3-5,14-16H,6-12,22H2,1-2H3,(H,23,24). The van der Waals surface area contributed by atoms with Crippen LogP contribution in [0.1, 0.15) is 60.6 Å². The second kappa shape index (κ2) is 6.97. The molecule has 0 spiro atoms. The summed E-state index contributed by atoms with van der Waals surface area (Å²) >= 11 is 0. The number of fused-ring (bicyclic) bond motifs is 1. The fourth-order valence-corrected chi connectivity index (χ4v) is 4.69. The molecule has 28 heavy (non-hydrogen) atoms. The van der Waals surface area contributed by atoms with E-state index in [-0.39, 0.29) is 0 Å². The van der Waals surface area contributed by atoms with E-state index in [2.05, 4.69) is 56.8 Å². The highest BCUT2D eigenvalue weighted by Crippen LogP contribution is 2.35. The van der Waals surface area contributed by atoms with E-state index in [1.54, 1.807) is 0 Å². The number of likely N-dealkylation sites (tertiary alicyclic amines) is 1. The molecule has 1 saturated heterocycles. The van der Waals surface area contributed by atoms with Crippen LogP contribution in [0.15, 0.2) is 18.2 Å². The number of aromatic nitrogens is 5. The van der Waals surface area contributed by atoms with Gasteiger partial charge in [-0.05, 0) is 57.3 Å². The van der Waals surface area contributed by atoms with Crippen LogP contribution in [-0.2, 0) is 13.6 Å². The number of imidazole rings is 1. The molecule has 0 atom stereocenters. The van der Waals surface area contributed by atoms with Gasteiger partial charge in [-0.1, -0.05) is 12.1 Å². The Balaban J connectivity index is 1.22. The summed E-state index contributed by atoms with van der Waals surface area (Å²) in [6.45, 7) is 5.13. The van der Waals surface area contributed by atoms with Gasteiger partial charge in [0.25, 0.3) is 0 Å². The fourth-order valence-electron chi connectivity index (χ4n) is 4.69. The average Bonchev–Trinajstić information content (AvgIpc) is 3.25. The number of nitrogens with two attached hydrogens (primary N) is 1. The molecule has 1 aliphatic carbocycles. The van der Waals surface area contributed by atoms with Gasteiger partial charge in [-0.2, -0.15) is 0 Å². The minimum Gasteiger partial charge on any atom is -0.342 e.